The fourth-order valence-corrected chi connectivity index (χ4v) is 2.38. The molecular formula is C16H23NO2. The van der Waals surface area contributed by atoms with E-state index in [1.54, 1.807) is 0 Å². The molecule has 0 radical (unpaired) electrons. The molecule has 2 rings (SSSR count). The summed E-state index contributed by atoms with van der Waals surface area (Å²) in [4.78, 5) is 13.0. The third-order valence-electron chi connectivity index (χ3n) is 3.72. The first-order valence-corrected chi connectivity index (χ1v) is 7.22. The third kappa shape index (κ3) is 4.67. The van der Waals surface area contributed by atoms with Crippen LogP contribution in [0.4, 0.5) is 0 Å². The first-order valence-electron chi connectivity index (χ1n) is 7.22. The van der Waals surface area contributed by atoms with Crippen LogP contribution in [0.2, 0.25) is 0 Å². The summed E-state index contributed by atoms with van der Waals surface area (Å²) in [6, 6.07) is 9.46. The zero-order valence-electron chi connectivity index (χ0n) is 11.6. The number of hydrogen-bond acceptors (Lipinski definition) is 2. The van der Waals surface area contributed by atoms with Crippen LogP contribution in [0.1, 0.15) is 43.7 Å². The Morgan fingerprint density at radius 2 is 1.89 bits per heavy atom. The van der Waals surface area contributed by atoms with Crippen LogP contribution in [0.3, 0.4) is 0 Å². The summed E-state index contributed by atoms with van der Waals surface area (Å²) in [7, 11) is 0. The van der Waals surface area contributed by atoms with Crippen LogP contribution in [0.5, 0.6) is 0 Å². The maximum absolute atomic E-state index is 10.6. The van der Waals surface area contributed by atoms with E-state index < -0.39 is 5.97 Å². The minimum absolute atomic E-state index is 0.276. The molecule has 0 saturated heterocycles. The zero-order chi connectivity index (χ0) is 13.7. The quantitative estimate of drug-likeness (QED) is 0.781. The van der Waals surface area contributed by atoms with Crippen molar-refractivity contribution in [3.8, 4) is 0 Å². The van der Waals surface area contributed by atoms with Gasteiger partial charge in [-0.3, -0.25) is 9.69 Å². The number of carboxylic acids is 1. The van der Waals surface area contributed by atoms with Crippen LogP contribution in [-0.2, 0) is 17.8 Å². The van der Waals surface area contributed by atoms with E-state index in [0.29, 0.717) is 6.04 Å². The highest BCUT2D eigenvalue weighted by Gasteiger charge is 2.28. The fourth-order valence-electron chi connectivity index (χ4n) is 2.38. The number of benzene rings is 1. The van der Waals surface area contributed by atoms with Crippen LogP contribution in [0.15, 0.2) is 24.3 Å². The van der Waals surface area contributed by atoms with E-state index in [9.17, 15) is 4.79 Å². The molecule has 0 unspecified atom stereocenters. The predicted octanol–water partition coefficient (Wildman–Crippen LogP) is 3.08. The lowest BCUT2D eigenvalue weighted by molar-refractivity contribution is -0.137. The summed E-state index contributed by atoms with van der Waals surface area (Å²) < 4.78 is 0. The van der Waals surface area contributed by atoms with Gasteiger partial charge in [-0.05, 0) is 43.4 Å². The van der Waals surface area contributed by atoms with E-state index in [0.717, 1.165) is 25.9 Å². The number of aliphatic carboxylic acids is 1. The van der Waals surface area contributed by atoms with E-state index >= 15 is 0 Å². The highest BCUT2D eigenvalue weighted by atomic mass is 16.4. The van der Waals surface area contributed by atoms with Crippen molar-refractivity contribution in [2.75, 3.05) is 6.54 Å². The predicted molar refractivity (Wildman–Crippen MR) is 76.1 cm³/mol. The number of hydrogen-bond donors (Lipinski definition) is 1. The summed E-state index contributed by atoms with van der Waals surface area (Å²) in [6.45, 7) is 4.01. The van der Waals surface area contributed by atoms with E-state index in [4.69, 9.17) is 5.11 Å². The second-order valence-electron chi connectivity index (χ2n) is 5.37. The van der Waals surface area contributed by atoms with Crippen LogP contribution < -0.4 is 0 Å². The molecule has 1 aromatic carbocycles. The molecule has 1 aliphatic rings. The van der Waals surface area contributed by atoms with Crippen LogP contribution in [0, 0.1) is 0 Å². The molecule has 0 amide bonds. The van der Waals surface area contributed by atoms with Crippen molar-refractivity contribution in [2.24, 2.45) is 0 Å². The largest absolute Gasteiger partial charge is 0.481 e. The van der Waals surface area contributed by atoms with Crippen molar-refractivity contribution >= 4 is 5.97 Å². The Bertz CT molecular complexity index is 409. The molecule has 0 bridgehead atoms. The molecule has 0 spiro atoms. The molecule has 1 fully saturated rings. The van der Waals surface area contributed by atoms with Gasteiger partial charge < -0.3 is 5.11 Å². The Hall–Kier alpha value is -1.35. The molecule has 19 heavy (non-hydrogen) atoms. The highest BCUT2D eigenvalue weighted by molar-refractivity contribution is 5.66. The number of nitrogens with zero attached hydrogens (tertiary/aromatic N) is 1. The monoisotopic (exact) mass is 261 g/mol. The molecular weight excluding hydrogens is 238 g/mol. The van der Waals surface area contributed by atoms with E-state index in [-0.39, 0.29) is 6.42 Å². The van der Waals surface area contributed by atoms with E-state index in [2.05, 4.69) is 36.1 Å². The molecule has 1 saturated carbocycles. The topological polar surface area (TPSA) is 40.5 Å². The number of aryl methyl sites for hydroxylation is 1. The van der Waals surface area contributed by atoms with Gasteiger partial charge in [0.1, 0.15) is 0 Å². The van der Waals surface area contributed by atoms with Gasteiger partial charge in [0.2, 0.25) is 0 Å². The van der Waals surface area contributed by atoms with Gasteiger partial charge in [0, 0.05) is 19.0 Å². The summed E-state index contributed by atoms with van der Waals surface area (Å²) in [6.07, 6.45) is 4.63. The summed E-state index contributed by atoms with van der Waals surface area (Å²) >= 11 is 0. The van der Waals surface area contributed by atoms with Crippen molar-refractivity contribution in [3.63, 3.8) is 0 Å². The smallest absolute Gasteiger partial charge is 0.303 e. The first kappa shape index (κ1) is 14.1. The van der Waals surface area contributed by atoms with Gasteiger partial charge in [-0.25, -0.2) is 0 Å². The fraction of sp³-hybridized carbons (Fsp3) is 0.562. The average Bonchev–Trinajstić information content (AvgIpc) is 3.22. The normalized spacial score (nSPS) is 14.8. The van der Waals surface area contributed by atoms with Gasteiger partial charge >= 0.3 is 5.97 Å². The highest BCUT2D eigenvalue weighted by Crippen LogP contribution is 2.28. The first-order chi connectivity index (χ1) is 9.19. The number of carbonyl (C=O) groups is 1. The van der Waals surface area contributed by atoms with Crippen molar-refractivity contribution in [1.82, 2.24) is 4.90 Å². The maximum Gasteiger partial charge on any atom is 0.303 e. The summed E-state index contributed by atoms with van der Waals surface area (Å²) in [5.41, 5.74) is 2.70. The van der Waals surface area contributed by atoms with Crippen LogP contribution in [0.25, 0.3) is 0 Å². The van der Waals surface area contributed by atoms with Gasteiger partial charge in [-0.1, -0.05) is 31.2 Å². The molecule has 0 atom stereocenters. The molecule has 1 aromatic rings. The van der Waals surface area contributed by atoms with Crippen molar-refractivity contribution in [1.29, 1.82) is 0 Å². The summed E-state index contributed by atoms with van der Waals surface area (Å²) in [5, 5.41) is 8.71. The molecule has 3 heteroatoms. The van der Waals surface area contributed by atoms with Crippen molar-refractivity contribution in [2.45, 2.75) is 51.6 Å². The second-order valence-corrected chi connectivity index (χ2v) is 5.37. The molecule has 3 nitrogen and oxygen atoms in total. The average molecular weight is 261 g/mol. The van der Waals surface area contributed by atoms with Crippen LogP contribution in [-0.4, -0.2) is 28.6 Å². The minimum atomic E-state index is -0.692. The molecule has 0 aliphatic heterocycles. The van der Waals surface area contributed by atoms with Crippen LogP contribution >= 0.6 is 0 Å². The van der Waals surface area contributed by atoms with Gasteiger partial charge in [-0.15, -0.1) is 0 Å². The van der Waals surface area contributed by atoms with Crippen molar-refractivity contribution in [3.05, 3.63) is 35.4 Å². The zero-order valence-corrected chi connectivity index (χ0v) is 11.6. The Balaban J connectivity index is 1.86. The molecule has 0 aromatic heterocycles. The lowest BCUT2D eigenvalue weighted by Crippen LogP contribution is -2.27. The van der Waals surface area contributed by atoms with Gasteiger partial charge in [0.25, 0.3) is 0 Å². The SMILES string of the molecule is CCc1ccc(CN(CCCC(=O)O)C2CC2)cc1. The standard InChI is InChI=1S/C16H23NO2/c1-2-13-5-7-14(8-6-13)12-17(15-9-10-15)11-3-4-16(18)19/h5-8,15H,2-4,9-12H2,1H3,(H,18,19). The lowest BCUT2D eigenvalue weighted by atomic mass is 10.1. The number of rotatable bonds is 8. The maximum atomic E-state index is 10.6. The molecule has 104 valence electrons. The second kappa shape index (κ2) is 6.71. The van der Waals surface area contributed by atoms with Gasteiger partial charge in [0.05, 0.1) is 0 Å². The Morgan fingerprint density at radius 3 is 2.42 bits per heavy atom. The molecule has 0 heterocycles. The Labute approximate surface area is 115 Å². The molecule has 1 N–H and O–H groups in total. The van der Waals surface area contributed by atoms with E-state index in [1.165, 1.54) is 24.0 Å². The lowest BCUT2D eigenvalue weighted by Gasteiger charge is -2.21. The van der Waals surface area contributed by atoms with E-state index in [1.807, 2.05) is 0 Å². The van der Waals surface area contributed by atoms with Gasteiger partial charge in [-0.2, -0.15) is 0 Å². The Morgan fingerprint density at radius 1 is 1.26 bits per heavy atom. The van der Waals surface area contributed by atoms with Gasteiger partial charge in [0.15, 0.2) is 0 Å². The summed E-state index contributed by atoms with van der Waals surface area (Å²) in [5.74, 6) is -0.692. The third-order valence-corrected chi connectivity index (χ3v) is 3.72. The Kier molecular flexibility index (Phi) is 4.97. The molecule has 1 aliphatic carbocycles. The minimum Gasteiger partial charge on any atom is -0.481 e. The number of carboxylic acid groups (broad SMARTS) is 1. The van der Waals surface area contributed by atoms with Crippen molar-refractivity contribution < 1.29 is 9.90 Å².